The number of aromatic nitrogens is 1. The van der Waals surface area contributed by atoms with E-state index in [1.165, 1.54) is 15.5 Å². The first-order valence-electron chi connectivity index (χ1n) is 9.76. The molecule has 8 nitrogen and oxygen atoms in total. The third-order valence-electron chi connectivity index (χ3n) is 5.03. The van der Waals surface area contributed by atoms with Crippen LogP contribution >= 0.6 is 0 Å². The first-order chi connectivity index (χ1) is 13.8. The van der Waals surface area contributed by atoms with Crippen molar-refractivity contribution in [3.05, 3.63) is 35.5 Å². The number of benzene rings is 1. The van der Waals surface area contributed by atoms with E-state index >= 15 is 0 Å². The lowest BCUT2D eigenvalue weighted by molar-refractivity contribution is 0.0824. The highest BCUT2D eigenvalue weighted by atomic mass is 16.3. The molecule has 0 atom stereocenters. The lowest BCUT2D eigenvalue weighted by Gasteiger charge is -2.17. The van der Waals surface area contributed by atoms with E-state index in [0.29, 0.717) is 12.2 Å². The van der Waals surface area contributed by atoms with E-state index in [-0.39, 0.29) is 40.4 Å². The van der Waals surface area contributed by atoms with Gasteiger partial charge in [0.25, 0.3) is 5.91 Å². The van der Waals surface area contributed by atoms with Crippen LogP contribution in [-0.2, 0) is 6.54 Å². The molecule has 0 spiro atoms. The number of carbonyl (C=O) groups is 1. The van der Waals surface area contributed by atoms with E-state index in [4.69, 9.17) is 0 Å². The number of carbonyl (C=O) groups excluding carboxylic acids is 1. The molecule has 0 radical (unpaired) electrons. The number of para-hydroxylation sites is 1. The fourth-order valence-corrected chi connectivity index (χ4v) is 3.43. The topological polar surface area (TPSA) is 110 Å². The standard InChI is InChI=1S/C21H28N4O4/c1-4-25-20(28)16(22-13-9-6-5-7-10-13)17(21(25)29)23-15-12-8-11-14(18(15)26)19(27)24(2)3/h8-9,11-12,22-23,26,28-29H,4-7,10H2,1-3H3. The fraction of sp³-hybridized carbons (Fsp3) is 0.381. The van der Waals surface area contributed by atoms with Gasteiger partial charge in [-0.05, 0) is 44.7 Å². The van der Waals surface area contributed by atoms with Crippen LogP contribution in [0.5, 0.6) is 17.5 Å². The molecule has 0 fully saturated rings. The fourth-order valence-electron chi connectivity index (χ4n) is 3.43. The number of amides is 1. The first-order valence-corrected chi connectivity index (χ1v) is 9.76. The summed E-state index contributed by atoms with van der Waals surface area (Å²) in [5.74, 6) is -0.820. The van der Waals surface area contributed by atoms with Crippen molar-refractivity contribution >= 4 is 23.0 Å². The van der Waals surface area contributed by atoms with Crippen LogP contribution in [0.2, 0.25) is 0 Å². The quantitative estimate of drug-likeness (QED) is 0.470. The van der Waals surface area contributed by atoms with Crippen LogP contribution in [0.25, 0.3) is 0 Å². The van der Waals surface area contributed by atoms with Gasteiger partial charge in [0.05, 0.1) is 11.3 Å². The van der Waals surface area contributed by atoms with Crippen molar-refractivity contribution in [1.82, 2.24) is 9.47 Å². The average molecular weight is 400 g/mol. The number of nitrogens with zero attached hydrogens (tertiary/aromatic N) is 2. The molecule has 0 saturated carbocycles. The molecule has 1 aliphatic carbocycles. The molecule has 1 heterocycles. The smallest absolute Gasteiger partial charge is 0.257 e. The summed E-state index contributed by atoms with van der Waals surface area (Å²) in [6.45, 7) is 2.17. The molecule has 2 aromatic rings. The molecule has 0 bridgehead atoms. The lowest BCUT2D eigenvalue weighted by atomic mass is 10.0. The van der Waals surface area contributed by atoms with Crippen LogP contribution in [0.3, 0.4) is 0 Å². The van der Waals surface area contributed by atoms with Crippen molar-refractivity contribution in [3.63, 3.8) is 0 Å². The summed E-state index contributed by atoms with van der Waals surface area (Å²) in [5, 5.41) is 38.1. The number of phenolic OH excluding ortho intramolecular Hbond substituents is 1. The summed E-state index contributed by atoms with van der Waals surface area (Å²) >= 11 is 0. The molecule has 8 heteroatoms. The zero-order valence-corrected chi connectivity index (χ0v) is 17.0. The van der Waals surface area contributed by atoms with Gasteiger partial charge in [0.2, 0.25) is 11.8 Å². The Balaban J connectivity index is 2.02. The minimum Gasteiger partial charge on any atom is -0.505 e. The van der Waals surface area contributed by atoms with Gasteiger partial charge in [-0.3, -0.25) is 9.36 Å². The Morgan fingerprint density at radius 1 is 1.10 bits per heavy atom. The van der Waals surface area contributed by atoms with E-state index in [0.717, 1.165) is 31.4 Å². The van der Waals surface area contributed by atoms with Gasteiger partial charge in [0.1, 0.15) is 11.4 Å². The molecule has 29 heavy (non-hydrogen) atoms. The van der Waals surface area contributed by atoms with E-state index in [1.807, 2.05) is 0 Å². The van der Waals surface area contributed by atoms with Crippen LogP contribution in [0.4, 0.5) is 17.1 Å². The SMILES string of the molecule is CCn1c(O)c(NC2=CCCCC2)c(Nc2cccc(C(=O)N(C)C)c2O)c1O. The predicted molar refractivity (Wildman–Crippen MR) is 113 cm³/mol. The number of phenols is 1. The minimum atomic E-state index is -0.338. The highest BCUT2D eigenvalue weighted by Crippen LogP contribution is 2.46. The van der Waals surface area contributed by atoms with Gasteiger partial charge in [0, 0.05) is 26.3 Å². The molecule has 1 aromatic heterocycles. The van der Waals surface area contributed by atoms with Crippen LogP contribution < -0.4 is 10.6 Å². The van der Waals surface area contributed by atoms with Gasteiger partial charge in [-0.1, -0.05) is 12.1 Å². The third kappa shape index (κ3) is 3.96. The van der Waals surface area contributed by atoms with Crippen LogP contribution in [-0.4, -0.2) is 44.8 Å². The number of hydrogen-bond donors (Lipinski definition) is 5. The summed E-state index contributed by atoms with van der Waals surface area (Å²) in [6.07, 6.45) is 6.08. The maximum absolute atomic E-state index is 12.3. The van der Waals surface area contributed by atoms with Crippen molar-refractivity contribution in [2.24, 2.45) is 0 Å². The van der Waals surface area contributed by atoms with E-state index in [9.17, 15) is 20.1 Å². The van der Waals surface area contributed by atoms with Crippen molar-refractivity contribution in [2.45, 2.75) is 39.2 Å². The minimum absolute atomic E-state index is 0.0982. The summed E-state index contributed by atoms with van der Waals surface area (Å²) in [7, 11) is 3.21. The number of rotatable bonds is 6. The maximum atomic E-state index is 12.3. The van der Waals surface area contributed by atoms with Crippen LogP contribution in [0.15, 0.2) is 30.0 Å². The Morgan fingerprint density at radius 3 is 2.38 bits per heavy atom. The highest BCUT2D eigenvalue weighted by molar-refractivity contribution is 5.99. The highest BCUT2D eigenvalue weighted by Gasteiger charge is 2.25. The molecule has 1 aliphatic rings. The Kier molecular flexibility index (Phi) is 5.91. The number of anilines is 3. The maximum Gasteiger partial charge on any atom is 0.257 e. The molecule has 156 valence electrons. The summed E-state index contributed by atoms with van der Waals surface area (Å²) in [4.78, 5) is 13.7. The second-order valence-corrected chi connectivity index (χ2v) is 7.27. The van der Waals surface area contributed by atoms with Gasteiger partial charge in [-0.15, -0.1) is 0 Å². The first kappa shape index (κ1) is 20.4. The zero-order valence-electron chi connectivity index (χ0n) is 17.0. The van der Waals surface area contributed by atoms with Crippen molar-refractivity contribution in [3.8, 4) is 17.5 Å². The van der Waals surface area contributed by atoms with Crippen molar-refractivity contribution in [1.29, 1.82) is 0 Å². The largest absolute Gasteiger partial charge is 0.505 e. The van der Waals surface area contributed by atoms with Crippen molar-refractivity contribution < 1.29 is 20.1 Å². The van der Waals surface area contributed by atoms with Gasteiger partial charge in [-0.25, -0.2) is 0 Å². The number of aromatic hydroxyl groups is 3. The zero-order chi connectivity index (χ0) is 21.1. The van der Waals surface area contributed by atoms with Crippen LogP contribution in [0.1, 0.15) is 43.0 Å². The van der Waals surface area contributed by atoms with Gasteiger partial charge in [-0.2, -0.15) is 0 Å². The Morgan fingerprint density at radius 2 is 1.79 bits per heavy atom. The summed E-state index contributed by atoms with van der Waals surface area (Å²) in [5.41, 5.74) is 1.94. The molecule has 5 N–H and O–H groups in total. The van der Waals surface area contributed by atoms with E-state index in [2.05, 4.69) is 16.7 Å². The Hall–Kier alpha value is -3.29. The molecule has 0 unspecified atom stereocenters. The molecular formula is C21H28N4O4. The van der Waals surface area contributed by atoms with E-state index < -0.39 is 0 Å². The summed E-state index contributed by atoms with van der Waals surface area (Å²) < 4.78 is 1.36. The second-order valence-electron chi connectivity index (χ2n) is 7.27. The molecule has 1 amide bonds. The molecular weight excluding hydrogens is 372 g/mol. The van der Waals surface area contributed by atoms with Crippen molar-refractivity contribution in [2.75, 3.05) is 24.7 Å². The molecule has 0 aliphatic heterocycles. The third-order valence-corrected chi connectivity index (χ3v) is 5.03. The average Bonchev–Trinajstić information content (AvgIpc) is 2.93. The van der Waals surface area contributed by atoms with Gasteiger partial charge < -0.3 is 30.9 Å². The second kappa shape index (κ2) is 8.38. The van der Waals surface area contributed by atoms with Gasteiger partial charge >= 0.3 is 0 Å². The lowest BCUT2D eigenvalue weighted by Crippen LogP contribution is -2.21. The molecule has 3 rings (SSSR count). The number of nitrogens with one attached hydrogen (secondary N) is 2. The summed E-state index contributed by atoms with van der Waals surface area (Å²) in [6, 6.07) is 4.78. The number of hydrogen-bond acceptors (Lipinski definition) is 6. The van der Waals surface area contributed by atoms with E-state index in [1.54, 1.807) is 33.2 Å². The predicted octanol–water partition coefficient (Wildman–Crippen LogP) is 3.94. The Bertz CT molecular complexity index is 947. The Labute approximate surface area is 170 Å². The van der Waals surface area contributed by atoms with Crippen LogP contribution in [0, 0.1) is 0 Å². The monoisotopic (exact) mass is 400 g/mol. The normalized spacial score (nSPS) is 13.7. The molecule has 1 aromatic carbocycles. The molecule has 0 saturated heterocycles. The number of allylic oxidation sites excluding steroid dienone is 2. The van der Waals surface area contributed by atoms with Gasteiger partial charge in [0.15, 0.2) is 5.75 Å².